The van der Waals surface area contributed by atoms with Crippen LogP contribution in [0.15, 0.2) is 6.07 Å². The molecule has 1 aromatic heterocycles. The molecule has 0 unspecified atom stereocenters. The normalized spacial score (nSPS) is 11.8. The van der Waals surface area contributed by atoms with E-state index in [-0.39, 0.29) is 6.61 Å². The van der Waals surface area contributed by atoms with Crippen molar-refractivity contribution < 1.29 is 31.5 Å². The summed E-state index contributed by atoms with van der Waals surface area (Å²) in [5.41, 5.74) is -3.70. The molecule has 0 spiro atoms. The zero-order chi connectivity index (χ0) is 14.8. The zero-order valence-corrected chi connectivity index (χ0v) is 10.1. The van der Waals surface area contributed by atoms with Crippen LogP contribution in [0.1, 0.15) is 35.0 Å². The molecule has 0 aliphatic rings. The fraction of sp³-hybridized carbons (Fsp3) is 0.400. The minimum absolute atomic E-state index is 0.206. The van der Waals surface area contributed by atoms with Gasteiger partial charge in [-0.3, -0.25) is 0 Å². The third-order valence-electron chi connectivity index (χ3n) is 2.00. The van der Waals surface area contributed by atoms with Gasteiger partial charge in [-0.1, -0.05) is 11.6 Å². The van der Waals surface area contributed by atoms with Crippen LogP contribution in [0.2, 0.25) is 5.15 Å². The van der Waals surface area contributed by atoms with Crippen molar-refractivity contribution in [1.29, 1.82) is 0 Å². The van der Waals surface area contributed by atoms with Gasteiger partial charge in [-0.25, -0.2) is 18.6 Å². The van der Waals surface area contributed by atoms with E-state index in [0.717, 1.165) is 0 Å². The van der Waals surface area contributed by atoms with E-state index >= 15 is 0 Å². The molecule has 0 radical (unpaired) electrons. The minimum atomic E-state index is -5.01. The van der Waals surface area contributed by atoms with Gasteiger partial charge < -0.3 is 4.74 Å². The lowest BCUT2D eigenvalue weighted by atomic mass is 10.1. The molecule has 0 saturated carbocycles. The molecule has 3 nitrogen and oxygen atoms in total. The van der Waals surface area contributed by atoms with Crippen molar-refractivity contribution >= 4 is 17.6 Å². The van der Waals surface area contributed by atoms with Gasteiger partial charge in [0.05, 0.1) is 17.7 Å². The van der Waals surface area contributed by atoms with E-state index in [1.165, 1.54) is 6.92 Å². The van der Waals surface area contributed by atoms with E-state index in [1.54, 1.807) is 0 Å². The second-order valence-electron chi connectivity index (χ2n) is 3.28. The first kappa shape index (κ1) is 15.6. The molecule has 9 heteroatoms. The Morgan fingerprint density at radius 1 is 1.47 bits per heavy atom. The highest BCUT2D eigenvalue weighted by atomic mass is 35.5. The molecule has 0 aromatic carbocycles. The Hall–Kier alpha value is -1.44. The van der Waals surface area contributed by atoms with Crippen molar-refractivity contribution in [3.05, 3.63) is 28.0 Å². The van der Waals surface area contributed by atoms with E-state index in [2.05, 4.69) is 9.72 Å². The quantitative estimate of drug-likeness (QED) is 0.483. The predicted octanol–water partition coefficient (Wildman–Crippen LogP) is 3.87. The van der Waals surface area contributed by atoms with Crippen molar-refractivity contribution in [2.24, 2.45) is 0 Å². The van der Waals surface area contributed by atoms with Crippen LogP contribution in [-0.4, -0.2) is 17.6 Å². The van der Waals surface area contributed by atoms with Crippen LogP contribution in [0.5, 0.6) is 0 Å². The Morgan fingerprint density at radius 2 is 2.05 bits per heavy atom. The number of esters is 1. The minimum Gasteiger partial charge on any atom is -0.462 e. The molecule has 19 heavy (non-hydrogen) atoms. The molecule has 0 saturated heterocycles. The largest absolute Gasteiger partial charge is 0.462 e. The van der Waals surface area contributed by atoms with E-state index in [4.69, 9.17) is 11.6 Å². The third-order valence-corrected chi connectivity index (χ3v) is 2.30. The fourth-order valence-electron chi connectivity index (χ4n) is 1.24. The second kappa shape index (κ2) is 5.68. The number of alkyl halides is 5. The smallest absolute Gasteiger partial charge is 0.434 e. The van der Waals surface area contributed by atoms with Gasteiger partial charge in [0.2, 0.25) is 0 Å². The molecule has 0 N–H and O–H groups in total. The lowest BCUT2D eigenvalue weighted by Gasteiger charge is -2.13. The highest BCUT2D eigenvalue weighted by Crippen LogP contribution is 2.35. The van der Waals surface area contributed by atoms with Gasteiger partial charge in [0, 0.05) is 0 Å². The van der Waals surface area contributed by atoms with Gasteiger partial charge in [0.15, 0.2) is 5.69 Å². The SMILES string of the molecule is CCOC(=O)c1cc(C(F)F)c(Cl)nc1C(F)(F)F. The first-order valence-electron chi connectivity index (χ1n) is 4.91. The Kier molecular flexibility index (Phi) is 4.67. The first-order valence-corrected chi connectivity index (χ1v) is 5.29. The number of halogens is 6. The standard InChI is InChI=1S/C10H7ClF5NO2/c1-2-19-9(18)4-3-5(8(12)13)7(11)17-6(4)10(14,15)16/h3,8H,2H2,1H3. The van der Waals surface area contributed by atoms with Gasteiger partial charge >= 0.3 is 12.1 Å². The van der Waals surface area contributed by atoms with Crippen LogP contribution in [0.25, 0.3) is 0 Å². The third kappa shape index (κ3) is 3.52. The van der Waals surface area contributed by atoms with Crippen molar-refractivity contribution in [2.75, 3.05) is 6.61 Å². The van der Waals surface area contributed by atoms with Crippen LogP contribution in [0, 0.1) is 0 Å². The molecule has 1 aromatic rings. The number of carbonyl (C=O) groups is 1. The molecule has 1 heterocycles. The molecule has 0 aliphatic heterocycles. The summed E-state index contributed by atoms with van der Waals surface area (Å²) in [5, 5.41) is -1.00. The maximum Gasteiger partial charge on any atom is 0.434 e. The van der Waals surface area contributed by atoms with Gasteiger partial charge in [0.25, 0.3) is 6.43 Å². The van der Waals surface area contributed by atoms with Gasteiger partial charge in [-0.05, 0) is 13.0 Å². The van der Waals surface area contributed by atoms with E-state index in [1.807, 2.05) is 0 Å². The van der Waals surface area contributed by atoms with E-state index < -0.39 is 40.5 Å². The van der Waals surface area contributed by atoms with Crippen LogP contribution in [0.4, 0.5) is 22.0 Å². The maximum absolute atomic E-state index is 12.6. The number of rotatable bonds is 3. The Morgan fingerprint density at radius 3 is 2.47 bits per heavy atom. The van der Waals surface area contributed by atoms with Crippen LogP contribution >= 0.6 is 11.6 Å². The Bertz CT molecular complexity index is 490. The topological polar surface area (TPSA) is 39.2 Å². The molecular formula is C10H7ClF5NO2. The van der Waals surface area contributed by atoms with E-state index in [9.17, 15) is 26.7 Å². The number of ether oxygens (including phenoxy) is 1. The molecule has 0 bridgehead atoms. The number of carbonyl (C=O) groups excluding carboxylic acids is 1. The number of hydrogen-bond donors (Lipinski definition) is 0. The fourth-order valence-corrected chi connectivity index (χ4v) is 1.46. The van der Waals surface area contributed by atoms with Crippen molar-refractivity contribution in [2.45, 2.75) is 19.5 Å². The summed E-state index contributed by atoms with van der Waals surface area (Å²) in [6, 6.07) is 0.348. The summed E-state index contributed by atoms with van der Waals surface area (Å²) in [6.45, 7) is 1.16. The Labute approximate surface area is 109 Å². The molecular weight excluding hydrogens is 297 g/mol. The highest BCUT2D eigenvalue weighted by Gasteiger charge is 2.39. The monoisotopic (exact) mass is 303 g/mol. The summed E-state index contributed by atoms with van der Waals surface area (Å²) in [4.78, 5) is 14.2. The van der Waals surface area contributed by atoms with Crippen LogP contribution in [-0.2, 0) is 10.9 Å². The van der Waals surface area contributed by atoms with Gasteiger partial charge in [-0.15, -0.1) is 0 Å². The average molecular weight is 304 g/mol. The van der Waals surface area contributed by atoms with Crippen LogP contribution in [0.3, 0.4) is 0 Å². The Balaban J connectivity index is 3.46. The number of aromatic nitrogens is 1. The van der Waals surface area contributed by atoms with Crippen LogP contribution < -0.4 is 0 Å². The number of hydrogen-bond acceptors (Lipinski definition) is 3. The zero-order valence-electron chi connectivity index (χ0n) is 9.39. The van der Waals surface area contributed by atoms with E-state index in [0.29, 0.717) is 6.07 Å². The molecule has 0 amide bonds. The molecule has 106 valence electrons. The second-order valence-corrected chi connectivity index (χ2v) is 3.64. The summed E-state index contributed by atoms with van der Waals surface area (Å²) < 4.78 is 67.4. The summed E-state index contributed by atoms with van der Waals surface area (Å²) in [6.07, 6.45) is -8.16. The average Bonchev–Trinajstić information content (AvgIpc) is 2.27. The predicted molar refractivity (Wildman–Crippen MR) is 55.2 cm³/mol. The summed E-state index contributed by atoms with van der Waals surface area (Å²) >= 11 is 5.24. The van der Waals surface area contributed by atoms with Gasteiger partial charge in [0.1, 0.15) is 5.15 Å². The van der Waals surface area contributed by atoms with Crippen molar-refractivity contribution in [3.8, 4) is 0 Å². The van der Waals surface area contributed by atoms with Gasteiger partial charge in [-0.2, -0.15) is 13.2 Å². The van der Waals surface area contributed by atoms with Crippen molar-refractivity contribution in [1.82, 2.24) is 4.98 Å². The first-order chi connectivity index (χ1) is 8.68. The maximum atomic E-state index is 12.6. The lowest BCUT2D eigenvalue weighted by Crippen LogP contribution is -2.18. The highest BCUT2D eigenvalue weighted by molar-refractivity contribution is 6.30. The summed E-state index contributed by atoms with van der Waals surface area (Å²) in [5.74, 6) is -1.39. The molecule has 1 rings (SSSR count). The molecule has 0 atom stereocenters. The summed E-state index contributed by atoms with van der Waals surface area (Å²) in [7, 11) is 0. The molecule has 0 aliphatic carbocycles. The number of pyridine rings is 1. The number of nitrogens with zero attached hydrogens (tertiary/aromatic N) is 1. The van der Waals surface area contributed by atoms with Crippen molar-refractivity contribution in [3.63, 3.8) is 0 Å². The molecule has 0 fully saturated rings. The lowest BCUT2D eigenvalue weighted by molar-refractivity contribution is -0.141.